The van der Waals surface area contributed by atoms with Gasteiger partial charge in [-0.25, -0.2) is 4.98 Å². The van der Waals surface area contributed by atoms with Gasteiger partial charge in [0.1, 0.15) is 0 Å². The van der Waals surface area contributed by atoms with Gasteiger partial charge in [-0.2, -0.15) is 13.2 Å². The Kier molecular flexibility index (Phi) is 5.87. The van der Waals surface area contributed by atoms with Crippen LogP contribution >= 0.6 is 11.3 Å². The first kappa shape index (κ1) is 14.4. The highest BCUT2D eigenvalue weighted by atomic mass is 32.1. The fourth-order valence-electron chi connectivity index (χ4n) is 1.06. The van der Waals surface area contributed by atoms with Crippen molar-refractivity contribution in [3.63, 3.8) is 0 Å². The van der Waals surface area contributed by atoms with Gasteiger partial charge in [0.25, 0.3) is 0 Å². The van der Waals surface area contributed by atoms with E-state index in [0.29, 0.717) is 18.5 Å². The van der Waals surface area contributed by atoms with Crippen molar-refractivity contribution in [3.05, 3.63) is 15.6 Å². The van der Waals surface area contributed by atoms with E-state index in [-0.39, 0.29) is 0 Å². The fourth-order valence-corrected chi connectivity index (χ4v) is 2.01. The highest BCUT2D eigenvalue weighted by molar-refractivity contribution is 7.11. The minimum atomic E-state index is -4.29. The first-order chi connectivity index (χ1) is 6.99. The van der Waals surface area contributed by atoms with Crippen LogP contribution in [0.15, 0.2) is 0 Å². The smallest absolute Gasteiger partial charge is 0.237 e. The van der Waals surface area contributed by atoms with Gasteiger partial charge in [-0.1, -0.05) is 27.7 Å². The Labute approximate surface area is 92.3 Å². The van der Waals surface area contributed by atoms with Crippen LogP contribution in [0.3, 0.4) is 0 Å². The normalized spacial score (nSPS) is 10.9. The number of aryl methyl sites for hydroxylation is 2. The average Bonchev–Trinajstić information content (AvgIpc) is 2.63. The number of hydrogen-bond acceptors (Lipinski definition) is 2. The van der Waals surface area contributed by atoms with Crippen LogP contribution in [0.5, 0.6) is 0 Å². The van der Waals surface area contributed by atoms with E-state index in [1.165, 1.54) is 0 Å². The van der Waals surface area contributed by atoms with Gasteiger partial charge in [-0.15, -0.1) is 11.3 Å². The maximum absolute atomic E-state index is 12.2. The van der Waals surface area contributed by atoms with Gasteiger partial charge in [0.15, 0.2) is 5.01 Å². The van der Waals surface area contributed by atoms with Crippen LogP contribution in [0.1, 0.15) is 43.3 Å². The van der Waals surface area contributed by atoms with Crippen LogP contribution < -0.4 is 0 Å². The molecule has 1 heterocycles. The molecule has 0 radical (unpaired) electrons. The number of hydrogen-bond donors (Lipinski definition) is 0. The summed E-state index contributed by atoms with van der Waals surface area (Å²) in [5.74, 6) is 0. The van der Waals surface area contributed by atoms with Crippen LogP contribution in [0.4, 0.5) is 13.2 Å². The minimum absolute atomic E-state index is 0.565. The maximum Gasteiger partial charge on any atom is 0.443 e. The number of alkyl halides is 3. The van der Waals surface area contributed by atoms with Crippen LogP contribution in [0, 0.1) is 0 Å². The van der Waals surface area contributed by atoms with E-state index in [0.717, 1.165) is 16.2 Å². The zero-order valence-corrected chi connectivity index (χ0v) is 10.2. The largest absolute Gasteiger partial charge is 0.443 e. The van der Waals surface area contributed by atoms with Crippen molar-refractivity contribution in [1.29, 1.82) is 0 Å². The molecule has 0 amide bonds. The topological polar surface area (TPSA) is 12.9 Å². The molecule has 1 nitrogen and oxygen atoms in total. The molecule has 0 unspecified atom stereocenters. The Hall–Kier alpha value is -0.580. The molecule has 5 heteroatoms. The van der Waals surface area contributed by atoms with Gasteiger partial charge < -0.3 is 0 Å². The van der Waals surface area contributed by atoms with E-state index in [4.69, 9.17) is 0 Å². The molecule has 0 bridgehead atoms. The summed E-state index contributed by atoms with van der Waals surface area (Å²) in [7, 11) is 0. The van der Waals surface area contributed by atoms with Gasteiger partial charge in [-0.3, -0.25) is 0 Å². The van der Waals surface area contributed by atoms with Gasteiger partial charge in [-0.05, 0) is 12.8 Å². The first-order valence-corrected chi connectivity index (χ1v) is 5.86. The molecule has 0 aliphatic carbocycles. The monoisotopic (exact) mass is 239 g/mol. The van der Waals surface area contributed by atoms with Gasteiger partial charge in [0.05, 0.1) is 5.69 Å². The maximum atomic E-state index is 12.2. The molecular weight excluding hydrogens is 223 g/mol. The first-order valence-electron chi connectivity index (χ1n) is 5.04. The van der Waals surface area contributed by atoms with E-state index in [1.54, 1.807) is 0 Å². The minimum Gasteiger partial charge on any atom is -0.237 e. The zero-order chi connectivity index (χ0) is 12.1. The Morgan fingerprint density at radius 3 is 1.93 bits per heavy atom. The second-order valence-electron chi connectivity index (χ2n) is 2.59. The average molecular weight is 239 g/mol. The molecule has 0 atom stereocenters. The predicted molar refractivity (Wildman–Crippen MR) is 57.2 cm³/mol. The third-order valence-electron chi connectivity index (χ3n) is 1.68. The van der Waals surface area contributed by atoms with Crippen LogP contribution in [-0.4, -0.2) is 4.98 Å². The van der Waals surface area contributed by atoms with Gasteiger partial charge >= 0.3 is 6.18 Å². The van der Waals surface area contributed by atoms with Crippen LogP contribution in [0.2, 0.25) is 0 Å². The van der Waals surface area contributed by atoms with E-state index in [9.17, 15) is 13.2 Å². The molecule has 0 fully saturated rings. The summed E-state index contributed by atoms with van der Waals surface area (Å²) in [6, 6.07) is 0. The summed E-state index contributed by atoms with van der Waals surface area (Å²) >= 11 is 0.755. The summed E-state index contributed by atoms with van der Waals surface area (Å²) in [5.41, 5.74) is 0.583. The molecule has 0 saturated carbocycles. The third kappa shape index (κ3) is 3.81. The summed E-state index contributed by atoms with van der Waals surface area (Å²) in [6.07, 6.45) is -3.10. The SMILES string of the molecule is CC.CCc1nc(C(F)(F)F)sc1CC. The molecule has 1 aromatic heterocycles. The molecule has 0 aliphatic heterocycles. The van der Waals surface area contributed by atoms with Gasteiger partial charge in [0, 0.05) is 4.88 Å². The highest BCUT2D eigenvalue weighted by Gasteiger charge is 2.35. The number of halogens is 3. The Bertz CT molecular complexity index is 270. The standard InChI is InChI=1S/C8H10F3NS.C2H6/c1-3-5-6(4-2)13-7(12-5)8(9,10)11;1-2/h3-4H2,1-2H3;1-2H3. The van der Waals surface area contributed by atoms with Crippen molar-refractivity contribution in [2.24, 2.45) is 0 Å². The molecule has 15 heavy (non-hydrogen) atoms. The van der Waals surface area contributed by atoms with Crippen molar-refractivity contribution in [3.8, 4) is 0 Å². The second kappa shape index (κ2) is 6.10. The number of aromatic nitrogens is 1. The lowest BCUT2D eigenvalue weighted by Crippen LogP contribution is -2.03. The van der Waals surface area contributed by atoms with Crippen molar-refractivity contribution in [2.75, 3.05) is 0 Å². The lowest BCUT2D eigenvalue weighted by molar-refractivity contribution is -0.137. The quantitative estimate of drug-likeness (QED) is 0.749. The Balaban J connectivity index is 0.000000921. The summed E-state index contributed by atoms with van der Waals surface area (Å²) in [4.78, 5) is 4.31. The molecule has 0 spiro atoms. The molecule has 0 aromatic carbocycles. The van der Waals surface area contributed by atoms with Crippen LogP contribution in [0.25, 0.3) is 0 Å². The van der Waals surface area contributed by atoms with E-state index in [1.807, 2.05) is 27.7 Å². The molecule has 0 aliphatic rings. The Morgan fingerprint density at radius 1 is 1.13 bits per heavy atom. The Morgan fingerprint density at radius 2 is 1.67 bits per heavy atom. The fraction of sp³-hybridized carbons (Fsp3) is 0.700. The number of nitrogens with zero attached hydrogens (tertiary/aromatic N) is 1. The van der Waals surface area contributed by atoms with Gasteiger partial charge in [0.2, 0.25) is 0 Å². The summed E-state index contributed by atoms with van der Waals surface area (Å²) in [6.45, 7) is 7.65. The number of rotatable bonds is 2. The number of thiazole rings is 1. The summed E-state index contributed by atoms with van der Waals surface area (Å²) in [5, 5.41) is -0.721. The zero-order valence-electron chi connectivity index (χ0n) is 9.40. The van der Waals surface area contributed by atoms with E-state index >= 15 is 0 Å². The molecule has 88 valence electrons. The molecule has 1 rings (SSSR count). The van der Waals surface area contributed by atoms with E-state index in [2.05, 4.69) is 4.98 Å². The molecule has 1 aromatic rings. The molecular formula is C10H16F3NS. The lowest BCUT2D eigenvalue weighted by atomic mass is 10.2. The van der Waals surface area contributed by atoms with E-state index < -0.39 is 11.2 Å². The highest BCUT2D eigenvalue weighted by Crippen LogP contribution is 2.34. The third-order valence-corrected chi connectivity index (χ3v) is 2.96. The second-order valence-corrected chi connectivity index (χ2v) is 3.68. The van der Waals surface area contributed by atoms with Crippen molar-refractivity contribution in [2.45, 2.75) is 46.7 Å². The molecule has 0 saturated heterocycles. The van der Waals surface area contributed by atoms with Crippen molar-refractivity contribution < 1.29 is 13.2 Å². The van der Waals surface area contributed by atoms with Crippen molar-refractivity contribution >= 4 is 11.3 Å². The van der Waals surface area contributed by atoms with Crippen molar-refractivity contribution in [1.82, 2.24) is 4.98 Å². The molecule has 0 N–H and O–H groups in total. The summed E-state index contributed by atoms with van der Waals surface area (Å²) < 4.78 is 36.6. The van der Waals surface area contributed by atoms with Crippen LogP contribution in [-0.2, 0) is 19.0 Å². The lowest BCUT2D eigenvalue weighted by Gasteiger charge is -1.98. The predicted octanol–water partition coefficient (Wildman–Crippen LogP) is 4.31.